The summed E-state index contributed by atoms with van der Waals surface area (Å²) in [5, 5.41) is 0. The predicted octanol–water partition coefficient (Wildman–Crippen LogP) is 0.421. The lowest BCUT2D eigenvalue weighted by Crippen LogP contribution is -2.03. The Balaban J connectivity index is 2.23. The minimum absolute atomic E-state index is 0.0693. The first kappa shape index (κ1) is 8.77. The van der Waals surface area contributed by atoms with Gasteiger partial charge in [0.25, 0.3) is 0 Å². The lowest BCUT2D eigenvalue weighted by Gasteiger charge is -1.95. The van der Waals surface area contributed by atoms with E-state index in [9.17, 15) is 9.59 Å². The summed E-state index contributed by atoms with van der Waals surface area (Å²) in [7, 11) is 1.25. The maximum absolute atomic E-state index is 10.8. The quantitative estimate of drug-likeness (QED) is 0.455. The molecule has 4 nitrogen and oxygen atoms in total. The Labute approximate surface area is 70.1 Å². The molecule has 1 aliphatic carbocycles. The van der Waals surface area contributed by atoms with E-state index in [0.717, 1.165) is 25.0 Å². The van der Waals surface area contributed by atoms with E-state index in [2.05, 4.69) is 4.74 Å². The van der Waals surface area contributed by atoms with Gasteiger partial charge >= 0.3 is 11.9 Å². The normalized spacial score (nSPS) is 16.1. The average Bonchev–Trinajstić information content (AvgIpc) is 2.84. The highest BCUT2D eigenvalue weighted by atomic mass is 16.5. The van der Waals surface area contributed by atoms with E-state index < -0.39 is 11.9 Å². The SMILES string of the molecule is COC(=O)C=CC(=O)OC1CC1. The van der Waals surface area contributed by atoms with E-state index in [1.807, 2.05) is 0 Å². The van der Waals surface area contributed by atoms with Gasteiger partial charge in [-0.2, -0.15) is 0 Å². The van der Waals surface area contributed by atoms with Crippen LogP contribution in [0.15, 0.2) is 12.2 Å². The molecule has 1 saturated carbocycles. The van der Waals surface area contributed by atoms with Gasteiger partial charge in [0.05, 0.1) is 7.11 Å². The van der Waals surface area contributed by atoms with Crippen LogP contribution in [0.2, 0.25) is 0 Å². The number of methoxy groups -OCH3 is 1. The molecule has 0 spiro atoms. The van der Waals surface area contributed by atoms with Crippen molar-refractivity contribution in [1.82, 2.24) is 0 Å². The zero-order chi connectivity index (χ0) is 8.97. The van der Waals surface area contributed by atoms with Gasteiger partial charge in [-0.15, -0.1) is 0 Å². The van der Waals surface area contributed by atoms with Gasteiger partial charge in [-0.25, -0.2) is 9.59 Å². The highest BCUT2D eigenvalue weighted by Crippen LogP contribution is 2.23. The van der Waals surface area contributed by atoms with Crippen LogP contribution in [-0.2, 0) is 19.1 Å². The first-order chi connectivity index (χ1) is 5.72. The Bertz CT molecular complexity index is 215. The minimum atomic E-state index is -0.553. The standard InChI is InChI=1S/C8H10O4/c1-11-7(9)4-5-8(10)12-6-2-3-6/h4-6H,2-3H2,1H3. The molecular weight excluding hydrogens is 160 g/mol. The monoisotopic (exact) mass is 170 g/mol. The lowest BCUT2D eigenvalue weighted by molar-refractivity contribution is -0.140. The van der Waals surface area contributed by atoms with Crippen molar-refractivity contribution < 1.29 is 19.1 Å². The Morgan fingerprint density at radius 3 is 2.33 bits per heavy atom. The Morgan fingerprint density at radius 1 is 1.25 bits per heavy atom. The van der Waals surface area contributed by atoms with Crippen molar-refractivity contribution in [2.24, 2.45) is 0 Å². The molecule has 1 fully saturated rings. The topological polar surface area (TPSA) is 52.6 Å². The van der Waals surface area contributed by atoms with Crippen molar-refractivity contribution in [3.05, 3.63) is 12.2 Å². The first-order valence-electron chi connectivity index (χ1n) is 3.69. The summed E-state index contributed by atoms with van der Waals surface area (Å²) in [4.78, 5) is 21.3. The molecule has 0 aliphatic heterocycles. The van der Waals surface area contributed by atoms with Crippen LogP contribution < -0.4 is 0 Å². The highest BCUT2D eigenvalue weighted by Gasteiger charge is 2.24. The summed E-state index contributed by atoms with van der Waals surface area (Å²) < 4.78 is 9.11. The van der Waals surface area contributed by atoms with Gasteiger partial charge in [0.15, 0.2) is 0 Å². The molecule has 0 saturated heterocycles. The van der Waals surface area contributed by atoms with Crippen molar-refractivity contribution in [3.8, 4) is 0 Å². The molecule has 0 bridgehead atoms. The molecular formula is C8H10O4. The molecule has 0 amide bonds. The van der Waals surface area contributed by atoms with Gasteiger partial charge < -0.3 is 9.47 Å². The molecule has 0 aromatic carbocycles. The third-order valence-corrected chi connectivity index (χ3v) is 1.36. The van der Waals surface area contributed by atoms with Gasteiger partial charge in [-0.1, -0.05) is 0 Å². The van der Waals surface area contributed by atoms with Crippen LogP contribution in [0.3, 0.4) is 0 Å². The molecule has 0 aromatic heterocycles. The van der Waals surface area contributed by atoms with Gasteiger partial charge in [-0.3, -0.25) is 0 Å². The van der Waals surface area contributed by atoms with Gasteiger partial charge in [0, 0.05) is 12.2 Å². The minimum Gasteiger partial charge on any atom is -0.466 e. The molecule has 0 aromatic rings. The van der Waals surface area contributed by atoms with Gasteiger partial charge in [-0.05, 0) is 12.8 Å². The summed E-state index contributed by atoms with van der Waals surface area (Å²) in [6, 6.07) is 0. The summed E-state index contributed by atoms with van der Waals surface area (Å²) in [6.45, 7) is 0. The van der Waals surface area contributed by atoms with Crippen LogP contribution in [0.25, 0.3) is 0 Å². The fraction of sp³-hybridized carbons (Fsp3) is 0.500. The Hall–Kier alpha value is -1.32. The predicted molar refractivity (Wildman–Crippen MR) is 40.3 cm³/mol. The zero-order valence-corrected chi connectivity index (χ0v) is 6.78. The number of hydrogen-bond donors (Lipinski definition) is 0. The smallest absolute Gasteiger partial charge is 0.331 e. The fourth-order valence-electron chi connectivity index (χ4n) is 0.594. The molecule has 66 valence electrons. The number of esters is 2. The van der Waals surface area contributed by atoms with Crippen molar-refractivity contribution in [3.63, 3.8) is 0 Å². The largest absolute Gasteiger partial charge is 0.466 e. The molecule has 12 heavy (non-hydrogen) atoms. The van der Waals surface area contributed by atoms with E-state index in [-0.39, 0.29) is 6.10 Å². The molecule has 0 radical (unpaired) electrons. The zero-order valence-electron chi connectivity index (χ0n) is 6.78. The van der Waals surface area contributed by atoms with Crippen molar-refractivity contribution in [2.75, 3.05) is 7.11 Å². The summed E-state index contributed by atoms with van der Waals surface area (Å²) in [5.74, 6) is -1.04. The van der Waals surface area contributed by atoms with Crippen LogP contribution in [0, 0.1) is 0 Å². The van der Waals surface area contributed by atoms with Crippen LogP contribution >= 0.6 is 0 Å². The molecule has 0 unspecified atom stereocenters. The maximum Gasteiger partial charge on any atom is 0.331 e. The van der Waals surface area contributed by atoms with E-state index in [1.165, 1.54) is 7.11 Å². The summed E-state index contributed by atoms with van der Waals surface area (Å²) >= 11 is 0. The van der Waals surface area contributed by atoms with E-state index in [4.69, 9.17) is 4.74 Å². The first-order valence-corrected chi connectivity index (χ1v) is 3.69. The molecule has 1 rings (SSSR count). The van der Waals surface area contributed by atoms with E-state index in [1.54, 1.807) is 0 Å². The number of hydrogen-bond acceptors (Lipinski definition) is 4. The highest BCUT2D eigenvalue weighted by molar-refractivity contribution is 5.91. The van der Waals surface area contributed by atoms with E-state index in [0.29, 0.717) is 0 Å². The Kier molecular flexibility index (Phi) is 2.85. The average molecular weight is 170 g/mol. The molecule has 0 N–H and O–H groups in total. The fourth-order valence-corrected chi connectivity index (χ4v) is 0.594. The molecule has 0 atom stereocenters. The van der Waals surface area contributed by atoms with Crippen LogP contribution in [0.5, 0.6) is 0 Å². The maximum atomic E-state index is 10.8. The van der Waals surface area contributed by atoms with Gasteiger partial charge in [0.2, 0.25) is 0 Å². The third kappa shape index (κ3) is 3.18. The van der Waals surface area contributed by atoms with Crippen molar-refractivity contribution >= 4 is 11.9 Å². The molecule has 4 heteroatoms. The van der Waals surface area contributed by atoms with E-state index >= 15 is 0 Å². The van der Waals surface area contributed by atoms with Crippen LogP contribution in [0.1, 0.15) is 12.8 Å². The van der Waals surface area contributed by atoms with Crippen molar-refractivity contribution in [1.29, 1.82) is 0 Å². The second-order valence-electron chi connectivity index (χ2n) is 2.49. The summed E-state index contributed by atoms with van der Waals surface area (Å²) in [5.41, 5.74) is 0. The number of rotatable bonds is 3. The Morgan fingerprint density at radius 2 is 1.83 bits per heavy atom. The molecule has 1 aliphatic rings. The summed E-state index contributed by atoms with van der Waals surface area (Å²) in [6.07, 6.45) is 4.05. The van der Waals surface area contributed by atoms with Crippen LogP contribution in [0.4, 0.5) is 0 Å². The number of ether oxygens (including phenoxy) is 2. The molecule has 0 heterocycles. The van der Waals surface area contributed by atoms with Gasteiger partial charge in [0.1, 0.15) is 6.10 Å². The van der Waals surface area contributed by atoms with Crippen LogP contribution in [-0.4, -0.2) is 25.2 Å². The second kappa shape index (κ2) is 3.90. The number of carbonyl (C=O) groups is 2. The third-order valence-electron chi connectivity index (χ3n) is 1.36. The second-order valence-corrected chi connectivity index (χ2v) is 2.49. The lowest BCUT2D eigenvalue weighted by atomic mass is 10.5. The number of carbonyl (C=O) groups excluding carboxylic acids is 2. The van der Waals surface area contributed by atoms with Crippen molar-refractivity contribution in [2.45, 2.75) is 18.9 Å².